The first-order chi connectivity index (χ1) is 22.2. The Bertz CT molecular complexity index is 1300. The molecule has 13 atom stereocenters. The first kappa shape index (κ1) is 34.9. The molecule has 5 fully saturated rings. The van der Waals surface area contributed by atoms with E-state index in [0.29, 0.717) is 25.4 Å². The lowest BCUT2D eigenvalue weighted by atomic mass is 9.46. The summed E-state index contributed by atoms with van der Waals surface area (Å²) < 4.78 is 12.0. The summed E-state index contributed by atoms with van der Waals surface area (Å²) in [6.07, 6.45) is 14.9. The SMILES string of the molecule is C=C1OC(C(C[C@H]2CCCC3[C@](C)(CO)[C@H](O)CC[C@]32C)C2=CCOC2=O)CC1/C=C/[C@H]1C(=C)CCC2[C@](C)(CO)[C@H](O)CC[C@]21C. The Labute approximate surface area is 282 Å². The van der Waals surface area contributed by atoms with Gasteiger partial charge in [0.15, 0.2) is 0 Å². The van der Waals surface area contributed by atoms with E-state index in [9.17, 15) is 25.2 Å². The average Bonchev–Trinajstić information content (AvgIpc) is 3.64. The quantitative estimate of drug-likeness (QED) is 0.181. The van der Waals surface area contributed by atoms with Gasteiger partial charge in [-0.2, -0.15) is 0 Å². The summed E-state index contributed by atoms with van der Waals surface area (Å²) >= 11 is 0. The van der Waals surface area contributed by atoms with Crippen LogP contribution in [0.25, 0.3) is 0 Å². The van der Waals surface area contributed by atoms with Gasteiger partial charge in [0.2, 0.25) is 0 Å². The molecule has 7 nitrogen and oxygen atoms in total. The van der Waals surface area contributed by atoms with Crippen molar-refractivity contribution in [2.24, 2.45) is 57.2 Å². The van der Waals surface area contributed by atoms with Crippen LogP contribution in [-0.4, -0.2) is 64.5 Å². The fourth-order valence-corrected chi connectivity index (χ4v) is 11.9. The molecular formula is C40H60O7. The van der Waals surface area contributed by atoms with E-state index in [1.54, 1.807) is 0 Å². The number of ether oxygens (including phenoxy) is 2. The predicted molar refractivity (Wildman–Crippen MR) is 182 cm³/mol. The smallest absolute Gasteiger partial charge is 0.334 e. The molecule has 5 unspecified atom stereocenters. The van der Waals surface area contributed by atoms with E-state index in [-0.39, 0.29) is 65.7 Å². The number of aliphatic hydroxyl groups excluding tert-OH is 4. The molecule has 0 aromatic carbocycles. The first-order valence-electron chi connectivity index (χ1n) is 18.4. The first-order valence-corrected chi connectivity index (χ1v) is 18.4. The van der Waals surface area contributed by atoms with Crippen LogP contribution in [0.5, 0.6) is 0 Å². The van der Waals surface area contributed by atoms with Gasteiger partial charge in [0, 0.05) is 34.2 Å². The highest BCUT2D eigenvalue weighted by Crippen LogP contribution is 2.63. The molecule has 0 amide bonds. The van der Waals surface area contributed by atoms with Gasteiger partial charge in [0.1, 0.15) is 12.7 Å². The van der Waals surface area contributed by atoms with Gasteiger partial charge in [-0.15, -0.1) is 0 Å². The van der Waals surface area contributed by atoms with Crippen molar-refractivity contribution in [3.8, 4) is 0 Å². The third kappa shape index (κ3) is 5.60. The Kier molecular flexibility index (Phi) is 9.47. The van der Waals surface area contributed by atoms with Gasteiger partial charge in [-0.3, -0.25) is 0 Å². The topological polar surface area (TPSA) is 116 Å². The number of cyclic esters (lactones) is 1. The minimum atomic E-state index is -0.526. The van der Waals surface area contributed by atoms with Gasteiger partial charge >= 0.3 is 5.97 Å². The fourth-order valence-electron chi connectivity index (χ4n) is 11.9. The summed E-state index contributed by atoms with van der Waals surface area (Å²) in [7, 11) is 0. The van der Waals surface area contributed by atoms with Gasteiger partial charge in [-0.05, 0) is 98.9 Å². The molecule has 6 aliphatic rings. The Hall–Kier alpha value is -1.93. The number of hydrogen-bond donors (Lipinski definition) is 4. The van der Waals surface area contributed by atoms with Crippen molar-refractivity contribution in [1.29, 1.82) is 0 Å². The number of allylic oxidation sites excluding steroid dienone is 3. The number of rotatable bonds is 8. The van der Waals surface area contributed by atoms with Crippen LogP contribution in [-0.2, 0) is 14.3 Å². The number of aliphatic hydroxyl groups is 4. The maximum Gasteiger partial charge on any atom is 0.334 e. The molecule has 0 spiro atoms. The summed E-state index contributed by atoms with van der Waals surface area (Å²) in [5, 5.41) is 42.8. The van der Waals surface area contributed by atoms with Crippen molar-refractivity contribution in [2.75, 3.05) is 19.8 Å². The highest BCUT2D eigenvalue weighted by atomic mass is 16.5. The minimum Gasteiger partial charge on any atom is -0.494 e. The van der Waals surface area contributed by atoms with Crippen molar-refractivity contribution in [1.82, 2.24) is 0 Å². The summed E-state index contributed by atoms with van der Waals surface area (Å²) in [5.74, 6) is 1.24. The monoisotopic (exact) mass is 652 g/mol. The highest BCUT2D eigenvalue weighted by Gasteiger charge is 2.59. The molecule has 2 heterocycles. The zero-order valence-electron chi connectivity index (χ0n) is 29.3. The maximum atomic E-state index is 13.1. The molecular weight excluding hydrogens is 592 g/mol. The summed E-state index contributed by atoms with van der Waals surface area (Å²) in [6, 6.07) is 0. The second kappa shape index (κ2) is 12.8. The lowest BCUT2D eigenvalue weighted by Gasteiger charge is -2.60. The molecule has 0 radical (unpaired) electrons. The van der Waals surface area contributed by atoms with E-state index < -0.39 is 23.0 Å². The summed E-state index contributed by atoms with van der Waals surface area (Å²) in [5.41, 5.74) is 0.732. The van der Waals surface area contributed by atoms with Crippen molar-refractivity contribution < 1.29 is 34.7 Å². The van der Waals surface area contributed by atoms with E-state index in [1.165, 1.54) is 5.57 Å². The average molecular weight is 653 g/mol. The number of fused-ring (bicyclic) bond motifs is 2. The van der Waals surface area contributed by atoms with E-state index in [1.807, 2.05) is 13.0 Å². The van der Waals surface area contributed by atoms with Crippen LogP contribution in [0.4, 0.5) is 0 Å². The van der Waals surface area contributed by atoms with Gasteiger partial charge in [-0.25, -0.2) is 4.79 Å². The minimum absolute atomic E-state index is 0.00732. The number of esters is 1. The molecule has 0 aromatic rings. The lowest BCUT2D eigenvalue weighted by Crippen LogP contribution is -2.57. The van der Waals surface area contributed by atoms with Crippen molar-refractivity contribution in [3.05, 3.63) is 48.3 Å². The van der Waals surface area contributed by atoms with Crippen LogP contribution in [0.15, 0.2) is 48.3 Å². The fraction of sp³-hybridized carbons (Fsp3) is 0.775. The Morgan fingerprint density at radius 3 is 2.17 bits per heavy atom. The van der Waals surface area contributed by atoms with Gasteiger partial charge in [0.25, 0.3) is 0 Å². The van der Waals surface area contributed by atoms with Crippen LogP contribution < -0.4 is 0 Å². The second-order valence-electron chi connectivity index (χ2n) is 17.3. The second-order valence-corrected chi connectivity index (χ2v) is 17.3. The van der Waals surface area contributed by atoms with Crippen LogP contribution in [0.3, 0.4) is 0 Å². The van der Waals surface area contributed by atoms with Crippen molar-refractivity contribution in [2.45, 2.75) is 117 Å². The Balaban J connectivity index is 1.23. The molecule has 47 heavy (non-hydrogen) atoms. The van der Waals surface area contributed by atoms with Gasteiger partial charge in [-0.1, -0.05) is 65.0 Å². The third-order valence-electron chi connectivity index (χ3n) is 15.1. The molecule has 262 valence electrons. The van der Waals surface area contributed by atoms with E-state index in [0.717, 1.165) is 69.1 Å². The zero-order chi connectivity index (χ0) is 33.9. The standard InChI is InChI=1S/C40H60O7/c1-24-10-13-33-38(4,18-15-35(44)40(33,6)23-42)30(24)12-11-26-20-31(47-25(26)2)29(28-16-19-46-36(28)45)21-27-8-7-9-32-37(27,3)17-14-34(43)39(32,5)22-41/h11-12,16,26-27,29-35,41-44H,1-2,7-10,13-15,17-23H2,3-6H3/b12-11+/t26?,27-,29?,30+,31?,32?,33?,34-,35-,37+,38+,39+,40+/m1/s1. The molecule has 0 bridgehead atoms. The molecule has 1 saturated heterocycles. The van der Waals surface area contributed by atoms with Crippen LogP contribution >= 0.6 is 0 Å². The number of carbonyl (C=O) groups is 1. The summed E-state index contributed by atoms with van der Waals surface area (Å²) in [4.78, 5) is 13.1. The largest absolute Gasteiger partial charge is 0.494 e. The third-order valence-corrected chi connectivity index (χ3v) is 15.1. The molecule has 0 aromatic heterocycles. The molecule has 2 aliphatic heterocycles. The van der Waals surface area contributed by atoms with Gasteiger partial charge < -0.3 is 29.9 Å². The Morgan fingerprint density at radius 1 is 0.915 bits per heavy atom. The zero-order valence-corrected chi connectivity index (χ0v) is 29.3. The van der Waals surface area contributed by atoms with Gasteiger partial charge in [0.05, 0.1) is 31.2 Å². The molecule has 6 rings (SSSR count). The predicted octanol–water partition coefficient (Wildman–Crippen LogP) is 6.27. The number of hydrogen-bond acceptors (Lipinski definition) is 7. The van der Waals surface area contributed by atoms with E-state index >= 15 is 0 Å². The molecule has 4 aliphatic carbocycles. The maximum absolute atomic E-state index is 13.1. The molecule has 4 saturated carbocycles. The van der Waals surface area contributed by atoms with Crippen LogP contribution in [0.2, 0.25) is 0 Å². The van der Waals surface area contributed by atoms with Crippen molar-refractivity contribution >= 4 is 5.97 Å². The molecule has 4 N–H and O–H groups in total. The van der Waals surface area contributed by atoms with E-state index in [2.05, 4.69) is 46.1 Å². The lowest BCUT2D eigenvalue weighted by molar-refractivity contribution is -0.164. The Morgan fingerprint density at radius 2 is 1.55 bits per heavy atom. The van der Waals surface area contributed by atoms with E-state index in [4.69, 9.17) is 9.47 Å². The summed E-state index contributed by atoms with van der Waals surface area (Å²) in [6.45, 7) is 17.9. The highest BCUT2D eigenvalue weighted by molar-refractivity contribution is 5.91. The molecule has 7 heteroatoms. The van der Waals surface area contributed by atoms with Crippen LogP contribution in [0, 0.1) is 57.2 Å². The van der Waals surface area contributed by atoms with Crippen LogP contribution in [0.1, 0.15) is 98.3 Å². The van der Waals surface area contributed by atoms with Crippen molar-refractivity contribution in [3.63, 3.8) is 0 Å². The normalized spacial score (nSPS) is 47.7. The number of carbonyl (C=O) groups excluding carboxylic acids is 1.